The van der Waals surface area contributed by atoms with Crippen LogP contribution in [0.4, 0.5) is 23.2 Å². The number of methoxy groups -OCH3 is 2. The Hall–Kier alpha value is -2.10. The molecule has 0 aliphatic carbocycles. The van der Waals surface area contributed by atoms with Crippen molar-refractivity contribution < 1.29 is 36.6 Å². The zero-order valence-corrected chi connectivity index (χ0v) is 13.3. The van der Waals surface area contributed by atoms with E-state index in [1.807, 2.05) is 0 Å². The number of benzene rings is 1. The van der Waals surface area contributed by atoms with Crippen LogP contribution in [-0.2, 0) is 25.2 Å². The number of ether oxygens (including phenoxy) is 2. The first-order valence-electron chi connectivity index (χ1n) is 5.81. The Bertz CT molecular complexity index is 658. The van der Waals surface area contributed by atoms with Crippen LogP contribution in [0.2, 0.25) is 0 Å². The van der Waals surface area contributed by atoms with E-state index in [-0.39, 0.29) is 10.5 Å². The predicted molar refractivity (Wildman–Crippen MR) is 74.8 cm³/mol. The summed E-state index contributed by atoms with van der Waals surface area (Å²) in [6.07, 6.45) is -4.13. The topological polar surface area (TPSA) is 64.6 Å². The summed E-state index contributed by atoms with van der Waals surface area (Å²) in [6, 6.07) is 0.859. The van der Waals surface area contributed by atoms with Gasteiger partial charge in [-0.05, 0) is 28.1 Å². The maximum Gasteiger partial charge on any atom is 0.416 e. The van der Waals surface area contributed by atoms with Crippen LogP contribution in [0.15, 0.2) is 28.4 Å². The summed E-state index contributed by atoms with van der Waals surface area (Å²) in [5, 5.41) is 2.22. The van der Waals surface area contributed by atoms with Crippen molar-refractivity contribution in [1.29, 1.82) is 0 Å². The molecule has 0 amide bonds. The number of alkyl halides is 3. The molecule has 1 rings (SSSR count). The monoisotopic (exact) mass is 399 g/mol. The molecule has 0 saturated carbocycles. The lowest BCUT2D eigenvalue weighted by Crippen LogP contribution is -2.16. The van der Waals surface area contributed by atoms with Gasteiger partial charge in [-0.25, -0.2) is 14.0 Å². The van der Waals surface area contributed by atoms with Crippen LogP contribution in [0.1, 0.15) is 5.56 Å². The van der Waals surface area contributed by atoms with E-state index in [0.717, 1.165) is 14.2 Å². The molecule has 0 heterocycles. The molecule has 0 fully saturated rings. The lowest BCUT2D eigenvalue weighted by atomic mass is 10.2. The number of hydrogen-bond donors (Lipinski definition) is 1. The summed E-state index contributed by atoms with van der Waals surface area (Å²) >= 11 is 2.76. The lowest BCUT2D eigenvalue weighted by molar-refractivity contribution is -0.138. The van der Waals surface area contributed by atoms with E-state index in [1.54, 1.807) is 0 Å². The quantitative estimate of drug-likeness (QED) is 0.478. The average Bonchev–Trinajstić information content (AvgIpc) is 2.48. The van der Waals surface area contributed by atoms with Gasteiger partial charge in [-0.2, -0.15) is 13.2 Å². The third kappa shape index (κ3) is 4.95. The van der Waals surface area contributed by atoms with Crippen molar-refractivity contribution in [2.45, 2.75) is 6.18 Å². The van der Waals surface area contributed by atoms with E-state index in [9.17, 15) is 27.2 Å². The Morgan fingerprint density at radius 2 is 1.83 bits per heavy atom. The second-order valence-electron chi connectivity index (χ2n) is 4.02. The smallest absolute Gasteiger partial charge is 0.416 e. The van der Waals surface area contributed by atoms with Crippen molar-refractivity contribution in [1.82, 2.24) is 0 Å². The van der Waals surface area contributed by atoms with E-state index in [2.05, 4.69) is 30.7 Å². The van der Waals surface area contributed by atoms with Crippen LogP contribution >= 0.6 is 15.9 Å². The van der Waals surface area contributed by atoms with Crippen LogP contribution in [0, 0.1) is 5.82 Å². The molecule has 0 unspecified atom stereocenters. The van der Waals surface area contributed by atoms with Crippen LogP contribution in [0.25, 0.3) is 0 Å². The Morgan fingerprint density at radius 3 is 2.30 bits per heavy atom. The minimum absolute atomic E-state index is 0.289. The Labute approximate surface area is 136 Å². The molecule has 1 aromatic carbocycles. The fourth-order valence-corrected chi connectivity index (χ4v) is 1.75. The number of esters is 2. The largest absolute Gasteiger partial charge is 0.466 e. The van der Waals surface area contributed by atoms with Crippen LogP contribution in [0.5, 0.6) is 0 Å². The number of carbonyl (C=O) groups is 2. The summed E-state index contributed by atoms with van der Waals surface area (Å²) in [6.45, 7) is 0. The second kappa shape index (κ2) is 7.44. The van der Waals surface area contributed by atoms with E-state index >= 15 is 0 Å². The van der Waals surface area contributed by atoms with Gasteiger partial charge in [0.2, 0.25) is 0 Å². The number of halogens is 5. The summed E-state index contributed by atoms with van der Waals surface area (Å²) in [7, 11) is 2.03. The van der Waals surface area contributed by atoms with Crippen molar-refractivity contribution in [3.05, 3.63) is 39.8 Å². The van der Waals surface area contributed by atoms with E-state index < -0.39 is 40.9 Å². The molecular weight excluding hydrogens is 390 g/mol. The van der Waals surface area contributed by atoms with E-state index in [0.29, 0.717) is 12.1 Å². The Balaban J connectivity index is 3.33. The highest BCUT2D eigenvalue weighted by Gasteiger charge is 2.32. The molecule has 0 aromatic heterocycles. The van der Waals surface area contributed by atoms with Gasteiger partial charge in [-0.3, -0.25) is 0 Å². The molecule has 0 saturated heterocycles. The minimum atomic E-state index is -4.80. The van der Waals surface area contributed by atoms with Gasteiger partial charge >= 0.3 is 18.1 Å². The molecule has 5 nitrogen and oxygen atoms in total. The van der Waals surface area contributed by atoms with Crippen molar-refractivity contribution in [3.63, 3.8) is 0 Å². The van der Waals surface area contributed by atoms with Gasteiger partial charge in [0.15, 0.2) is 0 Å². The van der Waals surface area contributed by atoms with Crippen molar-refractivity contribution in [3.8, 4) is 0 Å². The van der Waals surface area contributed by atoms with Gasteiger partial charge in [0.1, 0.15) is 11.5 Å². The molecule has 0 aliphatic rings. The van der Waals surface area contributed by atoms with E-state index in [4.69, 9.17) is 0 Å². The highest BCUT2D eigenvalue weighted by Crippen LogP contribution is 2.36. The fraction of sp³-hybridized carbons (Fsp3) is 0.231. The van der Waals surface area contributed by atoms with Gasteiger partial charge in [-0.1, -0.05) is 0 Å². The fourth-order valence-electron chi connectivity index (χ4n) is 1.42. The van der Waals surface area contributed by atoms with Crippen molar-refractivity contribution in [2.75, 3.05) is 19.5 Å². The number of nitrogens with one attached hydrogen (secondary N) is 1. The first-order valence-corrected chi connectivity index (χ1v) is 6.60. The summed E-state index contributed by atoms with van der Waals surface area (Å²) in [5.41, 5.74) is -2.22. The zero-order valence-electron chi connectivity index (χ0n) is 11.8. The standard InChI is InChI=1S/C13H10BrF4NO4/c1-22-10(20)5-9(12(21)23-2)19-8-4-6(13(16,17)18)3-7(15)11(8)14/h3-5,19H,1-2H3/b9-5+. The van der Waals surface area contributed by atoms with Gasteiger partial charge in [0.25, 0.3) is 0 Å². The number of anilines is 1. The highest BCUT2D eigenvalue weighted by molar-refractivity contribution is 9.10. The van der Waals surface area contributed by atoms with Crippen LogP contribution in [-0.4, -0.2) is 26.2 Å². The minimum Gasteiger partial charge on any atom is -0.466 e. The molecule has 0 aliphatic heterocycles. The van der Waals surface area contributed by atoms with Gasteiger partial charge < -0.3 is 14.8 Å². The highest BCUT2D eigenvalue weighted by atomic mass is 79.9. The zero-order chi connectivity index (χ0) is 17.8. The van der Waals surface area contributed by atoms with Gasteiger partial charge in [-0.15, -0.1) is 0 Å². The number of hydrogen-bond acceptors (Lipinski definition) is 5. The first kappa shape index (κ1) is 18.9. The summed E-state index contributed by atoms with van der Waals surface area (Å²) in [4.78, 5) is 22.8. The molecule has 1 N–H and O–H groups in total. The van der Waals surface area contributed by atoms with Crippen LogP contribution in [0.3, 0.4) is 0 Å². The molecule has 1 aromatic rings. The average molecular weight is 400 g/mol. The number of rotatable bonds is 4. The molecule has 10 heteroatoms. The third-order valence-electron chi connectivity index (χ3n) is 2.49. The van der Waals surface area contributed by atoms with Gasteiger partial charge in [0, 0.05) is 0 Å². The molecule has 0 atom stereocenters. The Morgan fingerprint density at radius 1 is 1.22 bits per heavy atom. The van der Waals surface area contributed by atoms with Gasteiger partial charge in [0.05, 0.1) is 36.0 Å². The molecule has 23 heavy (non-hydrogen) atoms. The molecular formula is C13H10BrF4NO4. The normalized spacial score (nSPS) is 11.9. The summed E-state index contributed by atoms with van der Waals surface area (Å²) < 4.78 is 60.1. The maximum absolute atomic E-state index is 13.6. The van der Waals surface area contributed by atoms with E-state index in [1.165, 1.54) is 0 Å². The number of carbonyl (C=O) groups excluding carboxylic acids is 2. The Kier molecular flexibility index (Phi) is 6.13. The predicted octanol–water partition coefficient (Wildman–Crippen LogP) is 3.25. The third-order valence-corrected chi connectivity index (χ3v) is 3.30. The maximum atomic E-state index is 13.6. The van der Waals surface area contributed by atoms with Crippen molar-refractivity contribution in [2.24, 2.45) is 0 Å². The van der Waals surface area contributed by atoms with Crippen molar-refractivity contribution >= 4 is 33.6 Å². The van der Waals surface area contributed by atoms with Crippen LogP contribution < -0.4 is 5.32 Å². The first-order chi connectivity index (χ1) is 10.6. The molecule has 0 spiro atoms. The molecule has 0 radical (unpaired) electrons. The second-order valence-corrected chi connectivity index (χ2v) is 4.81. The SMILES string of the molecule is COC(=O)/C=C(/Nc1cc(C(F)(F)F)cc(F)c1Br)C(=O)OC. The lowest BCUT2D eigenvalue weighted by Gasteiger charge is -2.14. The molecule has 0 bridgehead atoms. The molecule has 126 valence electrons. The summed E-state index contributed by atoms with van der Waals surface area (Å²) in [5.74, 6) is -3.22.